The lowest BCUT2D eigenvalue weighted by atomic mass is 10.4. The van der Waals surface area contributed by atoms with Crippen LogP contribution < -0.4 is 10.4 Å². The van der Waals surface area contributed by atoms with Gasteiger partial charge in [-0.3, -0.25) is 5.32 Å². The van der Waals surface area contributed by atoms with E-state index in [4.69, 9.17) is 0 Å². The number of aromatic nitrogens is 2. The molecule has 1 rings (SSSR count). The third kappa shape index (κ3) is 3.66. The highest BCUT2D eigenvalue weighted by Crippen LogP contribution is 2.12. The topological polar surface area (TPSA) is 126 Å². The Morgan fingerprint density at radius 1 is 1.56 bits per heavy atom. The maximum absolute atomic E-state index is 11.1. The zero-order valence-electron chi connectivity index (χ0n) is 9.50. The summed E-state index contributed by atoms with van der Waals surface area (Å²) in [6.45, 7) is 1.84. The van der Waals surface area contributed by atoms with Crippen molar-refractivity contribution in [3.05, 3.63) is 5.82 Å². The molecule has 1 N–H and O–H groups in total. The SMILES string of the molecule is CCOC(=O)Nc1nc(/C(=N/OC)C(=O)[O-])ns1. The smallest absolute Gasteiger partial charge is 0.413 e. The number of ether oxygens (including phenoxy) is 1. The van der Waals surface area contributed by atoms with E-state index in [1.807, 2.05) is 0 Å². The number of oxime groups is 1. The Bertz CT molecular complexity index is 472. The highest BCUT2D eigenvalue weighted by atomic mass is 32.1. The fourth-order valence-electron chi connectivity index (χ4n) is 0.886. The lowest BCUT2D eigenvalue weighted by molar-refractivity contribution is -0.294. The van der Waals surface area contributed by atoms with Crippen LogP contribution in [0.15, 0.2) is 5.16 Å². The van der Waals surface area contributed by atoms with Crippen LogP contribution >= 0.6 is 11.5 Å². The van der Waals surface area contributed by atoms with E-state index in [1.165, 1.54) is 7.11 Å². The van der Waals surface area contributed by atoms with Gasteiger partial charge in [-0.2, -0.15) is 9.36 Å². The summed E-state index contributed by atoms with van der Waals surface area (Å²) in [6.07, 6.45) is -0.709. The predicted octanol–water partition coefficient (Wildman–Crippen LogP) is -0.793. The van der Waals surface area contributed by atoms with Crippen molar-refractivity contribution in [2.45, 2.75) is 6.92 Å². The molecule has 98 valence electrons. The van der Waals surface area contributed by atoms with Gasteiger partial charge in [0.05, 0.1) is 12.6 Å². The molecule has 0 spiro atoms. The summed E-state index contributed by atoms with van der Waals surface area (Å²) in [6, 6.07) is 0. The minimum absolute atomic E-state index is 0.0773. The maximum Gasteiger partial charge on any atom is 0.413 e. The second-order valence-electron chi connectivity index (χ2n) is 2.68. The molecule has 9 nitrogen and oxygen atoms in total. The Kier molecular flexibility index (Phi) is 4.99. The van der Waals surface area contributed by atoms with Crippen LogP contribution in [0.5, 0.6) is 0 Å². The van der Waals surface area contributed by atoms with Crippen LogP contribution in [-0.4, -0.2) is 40.8 Å². The van der Waals surface area contributed by atoms with Gasteiger partial charge in [0.2, 0.25) is 5.13 Å². The monoisotopic (exact) mass is 273 g/mol. The summed E-state index contributed by atoms with van der Waals surface area (Å²) in [4.78, 5) is 29.9. The number of nitrogens with one attached hydrogen (secondary N) is 1. The standard InChI is InChI=1S/C8H10N4O5S/c1-3-17-8(15)10-7-9-5(12-18-7)4(6(13)14)11-16-2/h3H2,1-2H3,(H,13,14)(H,9,10,12,15)/p-1/b11-4-. The second kappa shape index (κ2) is 6.49. The number of carbonyl (C=O) groups is 2. The van der Waals surface area contributed by atoms with Crippen molar-refractivity contribution in [3.63, 3.8) is 0 Å². The molecule has 0 saturated carbocycles. The molecule has 0 fully saturated rings. The number of carbonyl (C=O) groups excluding carboxylic acids is 2. The summed E-state index contributed by atoms with van der Waals surface area (Å²) in [5.41, 5.74) is -0.564. The first-order valence-electron chi connectivity index (χ1n) is 4.68. The van der Waals surface area contributed by atoms with Crippen LogP contribution in [0.4, 0.5) is 9.93 Å². The zero-order chi connectivity index (χ0) is 13.5. The molecule has 1 amide bonds. The van der Waals surface area contributed by atoms with Crippen molar-refractivity contribution in [2.75, 3.05) is 19.0 Å². The Balaban J connectivity index is 2.82. The number of hydrogen-bond donors (Lipinski definition) is 1. The van der Waals surface area contributed by atoms with E-state index in [-0.39, 0.29) is 17.6 Å². The van der Waals surface area contributed by atoms with Crippen molar-refractivity contribution in [1.82, 2.24) is 9.36 Å². The van der Waals surface area contributed by atoms with Crippen LogP contribution in [0.2, 0.25) is 0 Å². The quantitative estimate of drug-likeness (QED) is 0.550. The first-order valence-corrected chi connectivity index (χ1v) is 5.46. The van der Waals surface area contributed by atoms with Crippen LogP contribution in [0.3, 0.4) is 0 Å². The number of aliphatic carboxylic acids is 1. The first kappa shape index (κ1) is 13.8. The van der Waals surface area contributed by atoms with E-state index >= 15 is 0 Å². The van der Waals surface area contributed by atoms with Gasteiger partial charge in [0.25, 0.3) is 0 Å². The third-order valence-electron chi connectivity index (χ3n) is 1.50. The normalized spacial score (nSPS) is 10.9. The summed E-state index contributed by atoms with van der Waals surface area (Å²) >= 11 is 0.775. The number of carboxylic acids is 1. The Labute approximate surface area is 106 Å². The lowest BCUT2D eigenvalue weighted by Crippen LogP contribution is -2.33. The van der Waals surface area contributed by atoms with Gasteiger partial charge in [-0.05, 0) is 6.92 Å². The van der Waals surface area contributed by atoms with Gasteiger partial charge in [-0.25, -0.2) is 4.79 Å². The fourth-order valence-corrected chi connectivity index (χ4v) is 1.44. The van der Waals surface area contributed by atoms with Gasteiger partial charge in [0, 0.05) is 11.5 Å². The van der Waals surface area contributed by atoms with Crippen molar-refractivity contribution in [3.8, 4) is 0 Å². The molecule has 0 aliphatic carbocycles. The van der Waals surface area contributed by atoms with Gasteiger partial charge in [0.15, 0.2) is 11.5 Å². The van der Waals surface area contributed by atoms with E-state index < -0.39 is 17.8 Å². The third-order valence-corrected chi connectivity index (χ3v) is 2.13. The van der Waals surface area contributed by atoms with E-state index in [9.17, 15) is 14.7 Å². The van der Waals surface area contributed by atoms with Gasteiger partial charge < -0.3 is 19.5 Å². The predicted molar refractivity (Wildman–Crippen MR) is 59.1 cm³/mol. The van der Waals surface area contributed by atoms with Crippen molar-refractivity contribution >= 4 is 34.4 Å². The number of amides is 1. The molecule has 0 atom stereocenters. The van der Waals surface area contributed by atoms with Crippen LogP contribution in [0.25, 0.3) is 0 Å². The molecule has 0 aliphatic rings. The van der Waals surface area contributed by atoms with Crippen molar-refractivity contribution in [2.24, 2.45) is 5.16 Å². The number of anilines is 1. The van der Waals surface area contributed by atoms with Crippen LogP contribution in [-0.2, 0) is 14.4 Å². The molecule has 1 aromatic heterocycles. The van der Waals surface area contributed by atoms with Crippen LogP contribution in [0.1, 0.15) is 12.7 Å². The Morgan fingerprint density at radius 2 is 2.28 bits per heavy atom. The maximum atomic E-state index is 11.1. The zero-order valence-corrected chi connectivity index (χ0v) is 10.3. The Hall–Kier alpha value is -2.23. The highest BCUT2D eigenvalue weighted by Gasteiger charge is 2.14. The molecule has 18 heavy (non-hydrogen) atoms. The number of hydrogen-bond acceptors (Lipinski definition) is 9. The van der Waals surface area contributed by atoms with Crippen molar-refractivity contribution < 1.29 is 24.3 Å². The number of rotatable bonds is 5. The van der Waals surface area contributed by atoms with Gasteiger partial charge >= 0.3 is 6.09 Å². The van der Waals surface area contributed by atoms with Gasteiger partial charge in [-0.1, -0.05) is 5.16 Å². The molecule has 0 saturated heterocycles. The largest absolute Gasteiger partial charge is 0.543 e. The molecule has 1 aromatic rings. The van der Waals surface area contributed by atoms with Crippen molar-refractivity contribution in [1.29, 1.82) is 0 Å². The van der Waals surface area contributed by atoms with Crippen LogP contribution in [0, 0.1) is 0 Å². The molecule has 0 aromatic carbocycles. The average Bonchev–Trinajstić information content (AvgIpc) is 2.73. The summed E-state index contributed by atoms with van der Waals surface area (Å²) < 4.78 is 8.31. The minimum atomic E-state index is -1.59. The van der Waals surface area contributed by atoms with E-state index in [0.29, 0.717) is 0 Å². The highest BCUT2D eigenvalue weighted by molar-refractivity contribution is 7.10. The molecule has 1 heterocycles. The Morgan fingerprint density at radius 3 is 2.83 bits per heavy atom. The molecule has 0 bridgehead atoms. The first-order chi connectivity index (χ1) is 8.58. The molecule has 0 unspecified atom stereocenters. The fraction of sp³-hybridized carbons (Fsp3) is 0.375. The molecule has 10 heteroatoms. The average molecular weight is 273 g/mol. The summed E-state index contributed by atoms with van der Waals surface area (Å²) in [7, 11) is 1.17. The van der Waals surface area contributed by atoms with E-state index in [0.717, 1.165) is 11.5 Å². The molecular weight excluding hydrogens is 264 g/mol. The van der Waals surface area contributed by atoms with E-state index in [2.05, 4.69) is 29.4 Å². The van der Waals surface area contributed by atoms with Gasteiger partial charge in [-0.15, -0.1) is 0 Å². The molecule has 0 radical (unpaired) electrons. The van der Waals surface area contributed by atoms with Gasteiger partial charge in [0.1, 0.15) is 7.11 Å². The van der Waals surface area contributed by atoms with E-state index in [1.54, 1.807) is 6.92 Å². The number of nitrogens with zero attached hydrogens (tertiary/aromatic N) is 3. The lowest BCUT2D eigenvalue weighted by Gasteiger charge is -2.01. The number of carboxylic acid groups (broad SMARTS) is 1. The minimum Gasteiger partial charge on any atom is -0.543 e. The molecular formula is C8H9N4O5S-. The second-order valence-corrected chi connectivity index (χ2v) is 3.43. The summed E-state index contributed by atoms with van der Waals surface area (Å²) in [5.74, 6) is -1.80. The summed E-state index contributed by atoms with van der Waals surface area (Å²) in [5, 5.41) is 16.3. The molecule has 0 aliphatic heterocycles.